The van der Waals surface area contributed by atoms with Crippen molar-refractivity contribution in [3.63, 3.8) is 0 Å². The molecule has 0 saturated carbocycles. The summed E-state index contributed by atoms with van der Waals surface area (Å²) in [4.78, 5) is 11.5. The second-order valence-electron chi connectivity index (χ2n) is 5.86. The summed E-state index contributed by atoms with van der Waals surface area (Å²) in [5, 5.41) is 14.7. The number of hydrogen-bond acceptors (Lipinski definition) is 6. The lowest BCUT2D eigenvalue weighted by molar-refractivity contribution is -0.117. The van der Waals surface area contributed by atoms with Crippen LogP contribution in [0.5, 0.6) is 0 Å². The summed E-state index contributed by atoms with van der Waals surface area (Å²) < 4.78 is 55.3. The van der Waals surface area contributed by atoms with Crippen LogP contribution in [0.2, 0.25) is 0 Å². The number of aliphatic hydroxyl groups is 1. The van der Waals surface area contributed by atoms with Crippen LogP contribution in [0.15, 0.2) is 40.3 Å². The predicted molar refractivity (Wildman–Crippen MR) is 88.9 cm³/mol. The molecule has 140 valence electrons. The molecular formula is C16H16F2N2O5S. The molecule has 0 aliphatic carbocycles. The first-order valence-corrected chi connectivity index (χ1v) is 8.76. The van der Waals surface area contributed by atoms with E-state index in [-0.39, 0.29) is 17.2 Å². The lowest BCUT2D eigenvalue weighted by Crippen LogP contribution is -2.44. The van der Waals surface area contributed by atoms with Crippen LogP contribution in [0.1, 0.15) is 19.6 Å². The highest BCUT2D eigenvalue weighted by Crippen LogP contribution is 2.29. The molecule has 2 N–H and O–H groups in total. The Morgan fingerprint density at radius 3 is 2.65 bits per heavy atom. The van der Waals surface area contributed by atoms with Crippen molar-refractivity contribution in [2.24, 2.45) is 0 Å². The number of halogens is 2. The highest BCUT2D eigenvalue weighted by molar-refractivity contribution is 7.93. The van der Waals surface area contributed by atoms with Crippen LogP contribution in [0, 0.1) is 11.6 Å². The van der Waals surface area contributed by atoms with Gasteiger partial charge in [-0.3, -0.25) is 4.79 Å². The molecule has 1 aromatic heterocycles. The van der Waals surface area contributed by atoms with Crippen LogP contribution in [0.4, 0.5) is 14.6 Å². The van der Waals surface area contributed by atoms with Gasteiger partial charge in [-0.1, -0.05) is 17.8 Å². The Morgan fingerprint density at radius 2 is 2.04 bits per heavy atom. The number of rotatable bonds is 6. The number of amides is 1. The molecule has 1 amide bonds. The number of carbonyl (C=O) groups is 1. The molecule has 0 aliphatic heterocycles. The molecule has 0 saturated heterocycles. The molecule has 10 heteroatoms. The molecule has 0 radical (unpaired) electrons. The second-order valence-corrected chi connectivity index (χ2v) is 8.33. The van der Waals surface area contributed by atoms with Gasteiger partial charge in [0.2, 0.25) is 5.91 Å². The van der Waals surface area contributed by atoms with E-state index in [1.165, 1.54) is 6.07 Å². The molecule has 7 nitrogen and oxygen atoms in total. The Labute approximate surface area is 148 Å². The van der Waals surface area contributed by atoms with E-state index in [1.807, 2.05) is 0 Å². The second kappa shape index (κ2) is 6.96. The Bertz CT molecular complexity index is 967. The minimum atomic E-state index is -4.57. The molecule has 1 heterocycles. The Hall–Kier alpha value is -2.59. The molecule has 0 bridgehead atoms. The van der Waals surface area contributed by atoms with Crippen molar-refractivity contribution in [1.29, 1.82) is 0 Å². The maximum Gasteiger partial charge on any atom is 0.246 e. The van der Waals surface area contributed by atoms with Gasteiger partial charge in [-0.25, -0.2) is 17.2 Å². The molecule has 1 aromatic carbocycles. The van der Waals surface area contributed by atoms with Crippen molar-refractivity contribution in [2.45, 2.75) is 23.5 Å². The van der Waals surface area contributed by atoms with E-state index in [0.717, 1.165) is 32.0 Å². The van der Waals surface area contributed by atoms with Crippen LogP contribution in [-0.4, -0.2) is 35.9 Å². The fourth-order valence-corrected chi connectivity index (χ4v) is 3.37. The number of anilines is 1. The van der Waals surface area contributed by atoms with Crippen LogP contribution < -0.4 is 5.32 Å². The third-order valence-electron chi connectivity index (χ3n) is 3.72. The van der Waals surface area contributed by atoms with Crippen molar-refractivity contribution in [3.05, 3.63) is 48.2 Å². The SMILES string of the molecule is C=C(CO)c1cc(NC(=O)C(C)(C)S(=O)(=O)c2cccc(F)c2F)no1. The highest BCUT2D eigenvalue weighted by atomic mass is 32.2. The van der Waals surface area contributed by atoms with Crippen molar-refractivity contribution < 1.29 is 31.6 Å². The number of nitrogens with one attached hydrogen (secondary N) is 1. The number of carbonyl (C=O) groups excluding carboxylic acids is 1. The lowest BCUT2D eigenvalue weighted by atomic mass is 10.2. The molecule has 0 aliphatic rings. The summed E-state index contributed by atoms with van der Waals surface area (Å²) in [7, 11) is -4.57. The normalized spacial score (nSPS) is 12.0. The van der Waals surface area contributed by atoms with E-state index in [0.29, 0.717) is 0 Å². The first-order valence-electron chi connectivity index (χ1n) is 7.28. The van der Waals surface area contributed by atoms with Gasteiger partial charge in [-0.15, -0.1) is 0 Å². The van der Waals surface area contributed by atoms with E-state index < -0.39 is 43.6 Å². The number of nitrogens with zero attached hydrogens (tertiary/aromatic N) is 1. The van der Waals surface area contributed by atoms with Gasteiger partial charge >= 0.3 is 0 Å². The van der Waals surface area contributed by atoms with Crippen LogP contribution in [-0.2, 0) is 14.6 Å². The largest absolute Gasteiger partial charge is 0.392 e. The minimum Gasteiger partial charge on any atom is -0.392 e. The standard InChI is InChI=1S/C16H16F2N2O5S/c1-9(8-21)11-7-13(20-25-11)19-15(22)16(2,3)26(23,24)12-6-4-5-10(17)14(12)18/h4-7,21H,1,8H2,2-3H3,(H,19,20,22). The summed E-state index contributed by atoms with van der Waals surface area (Å²) in [5.41, 5.74) is 0.201. The fourth-order valence-electron chi connectivity index (χ4n) is 1.93. The first kappa shape index (κ1) is 19.7. The highest BCUT2D eigenvalue weighted by Gasteiger charge is 2.44. The van der Waals surface area contributed by atoms with Gasteiger partial charge in [-0.2, -0.15) is 0 Å². The lowest BCUT2D eigenvalue weighted by Gasteiger charge is -2.23. The topological polar surface area (TPSA) is 110 Å². The number of benzene rings is 1. The zero-order valence-electron chi connectivity index (χ0n) is 13.9. The summed E-state index contributed by atoms with van der Waals surface area (Å²) >= 11 is 0. The van der Waals surface area contributed by atoms with E-state index in [2.05, 4.69) is 17.1 Å². The van der Waals surface area contributed by atoms with Gasteiger partial charge in [0, 0.05) is 11.6 Å². The molecule has 0 spiro atoms. The average molecular weight is 386 g/mol. The van der Waals surface area contributed by atoms with E-state index in [1.54, 1.807) is 0 Å². The summed E-state index contributed by atoms with van der Waals surface area (Å²) in [6.07, 6.45) is 0. The third-order valence-corrected chi connectivity index (χ3v) is 6.14. The zero-order chi connectivity index (χ0) is 19.7. The Morgan fingerprint density at radius 1 is 1.38 bits per heavy atom. The molecule has 2 rings (SSSR count). The predicted octanol–water partition coefficient (Wildman–Crippen LogP) is 2.15. The minimum absolute atomic E-state index is 0.0969. The number of aromatic nitrogens is 1. The molecule has 2 aromatic rings. The maximum absolute atomic E-state index is 13.9. The number of hydrogen-bond donors (Lipinski definition) is 2. The molecule has 26 heavy (non-hydrogen) atoms. The number of aliphatic hydroxyl groups excluding tert-OH is 1. The maximum atomic E-state index is 13.9. The average Bonchev–Trinajstić information content (AvgIpc) is 3.04. The first-order chi connectivity index (χ1) is 12.0. The van der Waals surface area contributed by atoms with Crippen molar-refractivity contribution in [1.82, 2.24) is 5.16 Å². The van der Waals surface area contributed by atoms with Gasteiger partial charge in [-0.05, 0) is 26.0 Å². The molecule has 0 fully saturated rings. The monoisotopic (exact) mass is 386 g/mol. The third kappa shape index (κ3) is 3.37. The van der Waals surface area contributed by atoms with E-state index in [4.69, 9.17) is 9.63 Å². The van der Waals surface area contributed by atoms with Gasteiger partial charge in [0.15, 0.2) is 33.0 Å². The van der Waals surface area contributed by atoms with Gasteiger partial charge in [0.1, 0.15) is 9.64 Å². The van der Waals surface area contributed by atoms with Crippen molar-refractivity contribution in [2.75, 3.05) is 11.9 Å². The van der Waals surface area contributed by atoms with E-state index in [9.17, 15) is 22.0 Å². The van der Waals surface area contributed by atoms with Crippen molar-refractivity contribution in [3.8, 4) is 0 Å². The summed E-state index contributed by atoms with van der Waals surface area (Å²) in [5.74, 6) is -3.96. The summed E-state index contributed by atoms with van der Waals surface area (Å²) in [6.45, 7) is 5.21. The van der Waals surface area contributed by atoms with Crippen LogP contribution in [0.3, 0.4) is 0 Å². The molecule has 0 atom stereocenters. The zero-order valence-corrected chi connectivity index (χ0v) is 14.7. The van der Waals surface area contributed by atoms with E-state index >= 15 is 0 Å². The van der Waals surface area contributed by atoms with Crippen molar-refractivity contribution >= 4 is 27.1 Å². The van der Waals surface area contributed by atoms with Gasteiger partial charge < -0.3 is 14.9 Å². The fraction of sp³-hybridized carbons (Fsp3) is 0.250. The Balaban J connectivity index is 2.33. The smallest absolute Gasteiger partial charge is 0.246 e. The van der Waals surface area contributed by atoms with Gasteiger partial charge in [0.25, 0.3) is 0 Å². The Kier molecular flexibility index (Phi) is 5.28. The molecule has 0 unspecified atom stereocenters. The quantitative estimate of drug-likeness (QED) is 0.787. The number of sulfone groups is 1. The summed E-state index contributed by atoms with van der Waals surface area (Å²) in [6, 6.07) is 3.92. The molecular weight excluding hydrogens is 370 g/mol. The van der Waals surface area contributed by atoms with Gasteiger partial charge in [0.05, 0.1) is 6.61 Å². The van der Waals surface area contributed by atoms with Crippen LogP contribution in [0.25, 0.3) is 5.57 Å². The van der Waals surface area contributed by atoms with Crippen LogP contribution >= 0.6 is 0 Å².